The second-order valence-electron chi connectivity index (χ2n) is 4.91. The van der Waals surface area contributed by atoms with E-state index in [9.17, 15) is 13.2 Å². The fourth-order valence-corrected chi connectivity index (χ4v) is 4.02. The number of piperidine rings is 1. The summed E-state index contributed by atoms with van der Waals surface area (Å²) >= 11 is 5.78. The van der Waals surface area contributed by atoms with Crippen LogP contribution >= 0.6 is 11.6 Å². The Hall–Kier alpha value is -1.11. The van der Waals surface area contributed by atoms with Crippen molar-refractivity contribution in [3.05, 3.63) is 29.3 Å². The predicted octanol–water partition coefficient (Wildman–Crippen LogP) is 2.30. The second-order valence-corrected chi connectivity index (χ2v) is 7.28. The number of benzene rings is 1. The summed E-state index contributed by atoms with van der Waals surface area (Å²) in [5.74, 6) is -0.714. The summed E-state index contributed by atoms with van der Waals surface area (Å²) in [6.45, 7) is 2.63. The van der Waals surface area contributed by atoms with Gasteiger partial charge in [-0.05, 0) is 44.0 Å². The fraction of sp³-hybridized carbons (Fsp3) is 0.500. The number of ether oxygens (including phenoxy) is 1. The van der Waals surface area contributed by atoms with Gasteiger partial charge in [-0.15, -0.1) is 0 Å². The summed E-state index contributed by atoms with van der Waals surface area (Å²) in [6, 6.07) is 6.04. The largest absolute Gasteiger partial charge is 0.466 e. The van der Waals surface area contributed by atoms with Crippen LogP contribution in [-0.2, 0) is 19.6 Å². The van der Waals surface area contributed by atoms with Gasteiger partial charge in [0.1, 0.15) is 0 Å². The number of esters is 1. The summed E-state index contributed by atoms with van der Waals surface area (Å²) in [6.07, 6.45) is 1.31. The summed E-state index contributed by atoms with van der Waals surface area (Å²) < 4.78 is 31.4. The molecule has 0 spiro atoms. The SMILES string of the molecule is CCOC(=O)[C@@H]1CCCN(S(=O)(=O)c2ccc(Cl)cc2)C1. The highest BCUT2D eigenvalue weighted by atomic mass is 35.5. The van der Waals surface area contributed by atoms with Crippen molar-refractivity contribution in [3.8, 4) is 0 Å². The number of sulfonamides is 1. The van der Waals surface area contributed by atoms with Gasteiger partial charge in [0.15, 0.2) is 0 Å². The number of hydrogen-bond donors (Lipinski definition) is 0. The van der Waals surface area contributed by atoms with Gasteiger partial charge in [0, 0.05) is 18.1 Å². The van der Waals surface area contributed by atoms with Crippen LogP contribution in [0, 0.1) is 5.92 Å². The minimum atomic E-state index is -3.59. The highest BCUT2D eigenvalue weighted by Gasteiger charge is 2.33. The molecule has 0 amide bonds. The van der Waals surface area contributed by atoms with Gasteiger partial charge >= 0.3 is 5.97 Å². The first kappa shape index (κ1) is 16.3. The molecule has 0 aliphatic carbocycles. The molecule has 0 N–H and O–H groups in total. The number of carbonyl (C=O) groups is 1. The van der Waals surface area contributed by atoms with E-state index in [1.807, 2.05) is 0 Å². The molecule has 1 aromatic rings. The monoisotopic (exact) mass is 331 g/mol. The Balaban J connectivity index is 2.16. The predicted molar refractivity (Wildman–Crippen MR) is 79.6 cm³/mol. The van der Waals surface area contributed by atoms with E-state index in [0.717, 1.165) is 0 Å². The van der Waals surface area contributed by atoms with E-state index in [4.69, 9.17) is 16.3 Å². The van der Waals surface area contributed by atoms with E-state index in [1.165, 1.54) is 16.4 Å². The maximum Gasteiger partial charge on any atom is 0.310 e. The first-order chi connectivity index (χ1) is 9.95. The van der Waals surface area contributed by atoms with Gasteiger partial charge in [0.2, 0.25) is 10.0 Å². The van der Waals surface area contributed by atoms with Crippen molar-refractivity contribution in [2.24, 2.45) is 5.92 Å². The minimum absolute atomic E-state index is 0.170. The van der Waals surface area contributed by atoms with E-state index in [2.05, 4.69) is 0 Å². The molecule has 7 heteroatoms. The number of nitrogens with zero attached hydrogens (tertiary/aromatic N) is 1. The molecule has 1 aromatic carbocycles. The maximum absolute atomic E-state index is 12.6. The van der Waals surface area contributed by atoms with Gasteiger partial charge in [-0.2, -0.15) is 4.31 Å². The first-order valence-electron chi connectivity index (χ1n) is 6.87. The Morgan fingerprint density at radius 1 is 1.38 bits per heavy atom. The van der Waals surface area contributed by atoms with E-state index >= 15 is 0 Å². The van der Waals surface area contributed by atoms with Gasteiger partial charge in [0.05, 0.1) is 17.4 Å². The van der Waals surface area contributed by atoms with Crippen molar-refractivity contribution >= 4 is 27.6 Å². The lowest BCUT2D eigenvalue weighted by Crippen LogP contribution is -2.42. The van der Waals surface area contributed by atoms with Crippen molar-refractivity contribution in [1.82, 2.24) is 4.31 Å². The molecule has 0 aromatic heterocycles. The number of halogens is 1. The average molecular weight is 332 g/mol. The third kappa shape index (κ3) is 3.75. The zero-order valence-corrected chi connectivity index (χ0v) is 13.4. The first-order valence-corrected chi connectivity index (χ1v) is 8.69. The van der Waals surface area contributed by atoms with Crippen LogP contribution in [0.25, 0.3) is 0 Å². The van der Waals surface area contributed by atoms with Crippen LogP contribution in [0.5, 0.6) is 0 Å². The summed E-state index contributed by atoms with van der Waals surface area (Å²) in [7, 11) is -3.59. The third-order valence-electron chi connectivity index (χ3n) is 3.46. The molecule has 1 fully saturated rings. The van der Waals surface area contributed by atoms with Crippen LogP contribution in [-0.4, -0.2) is 38.4 Å². The van der Waals surface area contributed by atoms with E-state index in [1.54, 1.807) is 19.1 Å². The molecule has 116 valence electrons. The Kier molecular flexibility index (Phi) is 5.24. The van der Waals surface area contributed by atoms with E-state index in [0.29, 0.717) is 31.0 Å². The quantitative estimate of drug-likeness (QED) is 0.794. The molecule has 0 unspecified atom stereocenters. The Bertz CT molecular complexity index is 600. The van der Waals surface area contributed by atoms with Crippen LogP contribution in [0.4, 0.5) is 0 Å². The highest BCUT2D eigenvalue weighted by molar-refractivity contribution is 7.89. The smallest absolute Gasteiger partial charge is 0.310 e. The molecular weight excluding hydrogens is 314 g/mol. The van der Waals surface area contributed by atoms with Crippen molar-refractivity contribution < 1.29 is 17.9 Å². The molecule has 1 aliphatic heterocycles. The second kappa shape index (κ2) is 6.77. The van der Waals surface area contributed by atoms with Gasteiger partial charge in [-0.1, -0.05) is 11.6 Å². The molecule has 1 aliphatic rings. The summed E-state index contributed by atoms with van der Waals surface area (Å²) in [5, 5.41) is 0.483. The Morgan fingerprint density at radius 3 is 2.67 bits per heavy atom. The molecule has 0 saturated carbocycles. The van der Waals surface area contributed by atoms with Gasteiger partial charge in [0.25, 0.3) is 0 Å². The molecule has 0 radical (unpaired) electrons. The number of rotatable bonds is 4. The minimum Gasteiger partial charge on any atom is -0.466 e. The average Bonchev–Trinajstić information content (AvgIpc) is 2.48. The highest BCUT2D eigenvalue weighted by Crippen LogP contribution is 2.25. The van der Waals surface area contributed by atoms with E-state index < -0.39 is 10.0 Å². The van der Waals surface area contributed by atoms with Crippen molar-refractivity contribution in [3.63, 3.8) is 0 Å². The number of hydrogen-bond acceptors (Lipinski definition) is 4. The lowest BCUT2D eigenvalue weighted by Gasteiger charge is -2.30. The van der Waals surface area contributed by atoms with Crippen molar-refractivity contribution in [2.45, 2.75) is 24.7 Å². The number of carbonyl (C=O) groups excluding carboxylic acids is 1. The van der Waals surface area contributed by atoms with Crippen LogP contribution in [0.2, 0.25) is 5.02 Å². The molecule has 0 bridgehead atoms. The van der Waals surface area contributed by atoms with Crippen LogP contribution < -0.4 is 0 Å². The van der Waals surface area contributed by atoms with Crippen LogP contribution in [0.1, 0.15) is 19.8 Å². The summed E-state index contributed by atoms with van der Waals surface area (Å²) in [5.41, 5.74) is 0. The van der Waals surface area contributed by atoms with Crippen molar-refractivity contribution in [2.75, 3.05) is 19.7 Å². The van der Waals surface area contributed by atoms with E-state index in [-0.39, 0.29) is 23.3 Å². The molecule has 5 nitrogen and oxygen atoms in total. The zero-order chi connectivity index (χ0) is 15.5. The lowest BCUT2D eigenvalue weighted by molar-refractivity contribution is -0.149. The molecule has 2 rings (SSSR count). The Labute approximate surface area is 129 Å². The summed E-state index contributed by atoms with van der Waals surface area (Å²) in [4.78, 5) is 12.0. The van der Waals surface area contributed by atoms with Crippen LogP contribution in [0.15, 0.2) is 29.2 Å². The molecule has 1 heterocycles. The Morgan fingerprint density at radius 2 is 2.05 bits per heavy atom. The van der Waals surface area contributed by atoms with Gasteiger partial charge in [-0.3, -0.25) is 4.79 Å². The van der Waals surface area contributed by atoms with Crippen molar-refractivity contribution in [1.29, 1.82) is 0 Å². The normalized spacial score (nSPS) is 20.2. The maximum atomic E-state index is 12.6. The molecular formula is C14H18ClNO4S. The molecule has 21 heavy (non-hydrogen) atoms. The molecule has 1 saturated heterocycles. The fourth-order valence-electron chi connectivity index (χ4n) is 2.37. The van der Waals surface area contributed by atoms with Crippen LogP contribution in [0.3, 0.4) is 0 Å². The standard InChI is InChI=1S/C14H18ClNO4S/c1-2-20-14(17)11-4-3-9-16(10-11)21(18,19)13-7-5-12(15)6-8-13/h5-8,11H,2-4,9-10H2,1H3/t11-/m1/s1. The topological polar surface area (TPSA) is 63.7 Å². The van der Waals surface area contributed by atoms with Gasteiger partial charge in [-0.25, -0.2) is 8.42 Å². The zero-order valence-electron chi connectivity index (χ0n) is 11.8. The molecule has 1 atom stereocenters. The third-order valence-corrected chi connectivity index (χ3v) is 5.59. The van der Waals surface area contributed by atoms with Gasteiger partial charge < -0.3 is 4.74 Å². The lowest BCUT2D eigenvalue weighted by atomic mass is 10.0.